The first-order chi connectivity index (χ1) is 9.45. The first-order valence-corrected chi connectivity index (χ1v) is 8.31. The molecular weight excluding hydrogens is 312 g/mol. The number of rotatable bonds is 9. The minimum atomic E-state index is -3.43. The molecule has 0 saturated heterocycles. The van der Waals surface area contributed by atoms with Gasteiger partial charge in [0.05, 0.1) is 11.5 Å². The molecule has 0 heterocycles. The summed E-state index contributed by atoms with van der Waals surface area (Å²) in [5.74, 6) is 1.28. The Hall–Kier alpha value is -0.820. The number of sulfonamides is 1. The van der Waals surface area contributed by atoms with Crippen LogP contribution in [0, 0.1) is 5.92 Å². The van der Waals surface area contributed by atoms with Crippen LogP contribution in [0.2, 0.25) is 0 Å². The van der Waals surface area contributed by atoms with Gasteiger partial charge in [-0.3, -0.25) is 0 Å². The van der Waals surface area contributed by atoms with Gasteiger partial charge in [-0.1, -0.05) is 13.8 Å². The van der Waals surface area contributed by atoms with Crippen LogP contribution in [0.5, 0.6) is 5.75 Å². The normalized spacial score (nSPS) is 11.2. The second-order valence-electron chi connectivity index (χ2n) is 5.00. The first kappa shape index (κ1) is 20.2. The summed E-state index contributed by atoms with van der Waals surface area (Å²) in [5.41, 5.74) is 0. The monoisotopic (exact) mass is 336 g/mol. The Labute approximate surface area is 133 Å². The Kier molecular flexibility index (Phi) is 9.61. The second kappa shape index (κ2) is 10.00. The molecule has 1 rings (SSSR count). The highest BCUT2D eigenvalue weighted by Crippen LogP contribution is 2.16. The largest absolute Gasteiger partial charge is 0.494 e. The molecule has 0 saturated carbocycles. The van der Waals surface area contributed by atoms with Gasteiger partial charge in [-0.15, -0.1) is 12.4 Å². The maximum absolute atomic E-state index is 11.9. The number of hydrogen-bond acceptors (Lipinski definition) is 4. The summed E-state index contributed by atoms with van der Waals surface area (Å²) in [7, 11) is -1.65. The molecule has 0 aliphatic rings. The predicted octanol–water partition coefficient (Wildman–Crippen LogP) is 2.03. The number of nitrogens with one attached hydrogen (secondary N) is 2. The first-order valence-electron chi connectivity index (χ1n) is 6.83. The number of likely N-dealkylation sites (N-methyl/N-ethyl adjacent to an activating group) is 1. The molecule has 0 aliphatic carbocycles. The van der Waals surface area contributed by atoms with Gasteiger partial charge < -0.3 is 10.1 Å². The fourth-order valence-corrected chi connectivity index (χ4v) is 2.55. The van der Waals surface area contributed by atoms with Crippen molar-refractivity contribution in [3.8, 4) is 5.75 Å². The molecule has 0 atom stereocenters. The van der Waals surface area contributed by atoms with Crippen LogP contribution in [0.15, 0.2) is 29.2 Å². The number of ether oxygens (including phenoxy) is 1. The van der Waals surface area contributed by atoms with E-state index >= 15 is 0 Å². The van der Waals surface area contributed by atoms with Gasteiger partial charge >= 0.3 is 0 Å². The lowest BCUT2D eigenvalue weighted by molar-refractivity contribution is 0.289. The van der Waals surface area contributed by atoms with Crippen molar-refractivity contribution in [2.24, 2.45) is 5.92 Å². The van der Waals surface area contributed by atoms with E-state index in [0.717, 1.165) is 6.42 Å². The molecule has 0 fully saturated rings. The fraction of sp³-hybridized carbons (Fsp3) is 0.571. The molecule has 0 aromatic heterocycles. The average molecular weight is 337 g/mol. The van der Waals surface area contributed by atoms with E-state index in [2.05, 4.69) is 23.9 Å². The van der Waals surface area contributed by atoms with E-state index in [1.54, 1.807) is 31.3 Å². The molecule has 21 heavy (non-hydrogen) atoms. The van der Waals surface area contributed by atoms with Crippen molar-refractivity contribution < 1.29 is 13.2 Å². The van der Waals surface area contributed by atoms with E-state index in [0.29, 0.717) is 31.4 Å². The Morgan fingerprint density at radius 3 is 2.29 bits per heavy atom. The highest BCUT2D eigenvalue weighted by molar-refractivity contribution is 7.89. The molecule has 7 heteroatoms. The van der Waals surface area contributed by atoms with Crippen LogP contribution in [0.3, 0.4) is 0 Å². The van der Waals surface area contributed by atoms with Crippen molar-refractivity contribution in [2.45, 2.75) is 25.2 Å². The summed E-state index contributed by atoms with van der Waals surface area (Å²) in [6.07, 6.45) is 0.978. The Morgan fingerprint density at radius 2 is 1.76 bits per heavy atom. The van der Waals surface area contributed by atoms with Gasteiger partial charge in [-0.2, -0.15) is 0 Å². The van der Waals surface area contributed by atoms with Crippen LogP contribution in [0.1, 0.15) is 20.3 Å². The van der Waals surface area contributed by atoms with Gasteiger partial charge in [-0.25, -0.2) is 13.1 Å². The van der Waals surface area contributed by atoms with E-state index in [-0.39, 0.29) is 17.3 Å². The van der Waals surface area contributed by atoms with Crippen molar-refractivity contribution in [1.82, 2.24) is 10.0 Å². The number of hydrogen-bond donors (Lipinski definition) is 2. The Bertz CT molecular complexity index is 489. The zero-order chi connectivity index (χ0) is 15.0. The van der Waals surface area contributed by atoms with Crippen LogP contribution >= 0.6 is 12.4 Å². The van der Waals surface area contributed by atoms with E-state index in [9.17, 15) is 8.42 Å². The third kappa shape index (κ3) is 7.66. The van der Waals surface area contributed by atoms with Crippen molar-refractivity contribution >= 4 is 22.4 Å². The van der Waals surface area contributed by atoms with Crippen LogP contribution in [0.25, 0.3) is 0 Å². The standard InChI is InChI=1S/C14H24N2O3S.ClH/c1-12(2)8-11-19-13-4-6-14(7-5-13)20(17,18)16-10-9-15-3;/h4-7,12,15-16H,8-11H2,1-3H3;1H. The van der Waals surface area contributed by atoms with Gasteiger partial charge in [0, 0.05) is 13.1 Å². The topological polar surface area (TPSA) is 67.4 Å². The molecule has 0 spiro atoms. The van der Waals surface area contributed by atoms with Gasteiger partial charge in [0.1, 0.15) is 5.75 Å². The van der Waals surface area contributed by atoms with Crippen LogP contribution in [-0.4, -0.2) is 35.2 Å². The molecule has 0 amide bonds. The molecule has 0 radical (unpaired) electrons. The zero-order valence-electron chi connectivity index (χ0n) is 12.8. The van der Waals surface area contributed by atoms with E-state index in [1.165, 1.54) is 0 Å². The molecule has 0 aliphatic heterocycles. The summed E-state index contributed by atoms with van der Waals surface area (Å²) in [5, 5.41) is 2.89. The van der Waals surface area contributed by atoms with Crippen molar-refractivity contribution in [3.05, 3.63) is 24.3 Å². The fourth-order valence-electron chi connectivity index (χ4n) is 1.52. The molecule has 2 N–H and O–H groups in total. The minimum absolute atomic E-state index is 0. The van der Waals surface area contributed by atoms with Crippen molar-refractivity contribution in [3.63, 3.8) is 0 Å². The summed E-state index contributed by atoms with van der Waals surface area (Å²) < 4.78 is 32.0. The zero-order valence-corrected chi connectivity index (χ0v) is 14.4. The molecule has 0 unspecified atom stereocenters. The lowest BCUT2D eigenvalue weighted by Gasteiger charge is -2.09. The van der Waals surface area contributed by atoms with E-state index in [4.69, 9.17) is 4.74 Å². The third-order valence-corrected chi connectivity index (χ3v) is 4.24. The molecule has 122 valence electrons. The molecule has 5 nitrogen and oxygen atoms in total. The van der Waals surface area contributed by atoms with Crippen LogP contribution < -0.4 is 14.8 Å². The smallest absolute Gasteiger partial charge is 0.240 e. The maximum atomic E-state index is 11.9. The highest BCUT2D eigenvalue weighted by Gasteiger charge is 2.12. The Morgan fingerprint density at radius 1 is 1.14 bits per heavy atom. The quantitative estimate of drug-likeness (QED) is 0.677. The highest BCUT2D eigenvalue weighted by atomic mass is 35.5. The number of halogens is 1. The van der Waals surface area contributed by atoms with Crippen LogP contribution in [-0.2, 0) is 10.0 Å². The molecule has 1 aromatic rings. The van der Waals surface area contributed by atoms with Crippen molar-refractivity contribution in [1.29, 1.82) is 0 Å². The summed E-state index contributed by atoms with van der Waals surface area (Å²) in [6, 6.07) is 6.50. The van der Waals surface area contributed by atoms with E-state index < -0.39 is 10.0 Å². The minimum Gasteiger partial charge on any atom is -0.494 e. The Balaban J connectivity index is 0.00000400. The van der Waals surface area contributed by atoms with Gasteiger partial charge in [0.15, 0.2) is 0 Å². The molecule has 0 bridgehead atoms. The average Bonchev–Trinajstić information content (AvgIpc) is 2.39. The predicted molar refractivity (Wildman–Crippen MR) is 87.8 cm³/mol. The van der Waals surface area contributed by atoms with Crippen molar-refractivity contribution in [2.75, 3.05) is 26.7 Å². The number of benzene rings is 1. The maximum Gasteiger partial charge on any atom is 0.240 e. The van der Waals surface area contributed by atoms with Gasteiger partial charge in [0.2, 0.25) is 10.0 Å². The molecular formula is C14H25ClN2O3S. The lowest BCUT2D eigenvalue weighted by atomic mass is 10.1. The second-order valence-corrected chi connectivity index (χ2v) is 6.77. The summed E-state index contributed by atoms with van der Waals surface area (Å²) >= 11 is 0. The summed E-state index contributed by atoms with van der Waals surface area (Å²) in [4.78, 5) is 0.254. The summed E-state index contributed by atoms with van der Waals surface area (Å²) in [6.45, 7) is 5.87. The third-order valence-electron chi connectivity index (χ3n) is 2.77. The molecule has 1 aromatic carbocycles. The van der Waals surface area contributed by atoms with Gasteiger partial charge in [-0.05, 0) is 43.7 Å². The van der Waals surface area contributed by atoms with Crippen LogP contribution in [0.4, 0.5) is 0 Å². The van der Waals surface area contributed by atoms with Gasteiger partial charge in [0.25, 0.3) is 0 Å². The van der Waals surface area contributed by atoms with E-state index in [1.807, 2.05) is 0 Å². The SMILES string of the molecule is CNCCNS(=O)(=O)c1ccc(OCCC(C)C)cc1.Cl. The lowest BCUT2D eigenvalue weighted by Crippen LogP contribution is -2.30.